The van der Waals surface area contributed by atoms with Crippen molar-refractivity contribution in [3.05, 3.63) is 60.3 Å². The number of nitrogens with zero attached hydrogens (tertiary/aromatic N) is 2. The average molecular weight is 285 g/mol. The Morgan fingerprint density at radius 2 is 2.19 bits per heavy atom. The van der Waals surface area contributed by atoms with Gasteiger partial charge in [0.2, 0.25) is 0 Å². The molecule has 0 saturated carbocycles. The second kappa shape index (κ2) is 5.83. The van der Waals surface area contributed by atoms with E-state index in [1.807, 2.05) is 41.9 Å². The molecule has 1 aromatic carbocycles. The number of imidazole rings is 1. The number of ether oxygens (including phenoxy) is 1. The van der Waals surface area contributed by atoms with Gasteiger partial charge in [-0.15, -0.1) is 0 Å². The smallest absolute Gasteiger partial charge is 0.167 e. The first kappa shape index (κ1) is 13.4. The molecule has 0 saturated heterocycles. The number of hydrogen-bond acceptors (Lipinski definition) is 3. The third kappa shape index (κ3) is 2.97. The van der Waals surface area contributed by atoms with E-state index in [-0.39, 0.29) is 11.6 Å². The lowest BCUT2D eigenvalue weighted by molar-refractivity contribution is 0.321. The minimum absolute atomic E-state index is 0.274. The second-order valence-electron chi connectivity index (χ2n) is 4.63. The number of aromatic nitrogens is 2. The van der Waals surface area contributed by atoms with Gasteiger partial charge in [0.15, 0.2) is 11.6 Å². The van der Waals surface area contributed by atoms with Crippen LogP contribution < -0.4 is 10.1 Å². The molecule has 1 N–H and O–H groups in total. The van der Waals surface area contributed by atoms with Crippen LogP contribution in [-0.2, 0) is 6.54 Å². The molecule has 0 aliphatic rings. The predicted octanol–water partition coefficient (Wildman–Crippen LogP) is 3.48. The van der Waals surface area contributed by atoms with Crippen molar-refractivity contribution in [3.8, 4) is 5.75 Å². The van der Waals surface area contributed by atoms with Gasteiger partial charge in [-0.05, 0) is 31.2 Å². The van der Waals surface area contributed by atoms with Gasteiger partial charge in [-0.25, -0.2) is 9.37 Å². The quantitative estimate of drug-likeness (QED) is 0.780. The maximum absolute atomic E-state index is 13.7. The van der Waals surface area contributed by atoms with E-state index in [0.29, 0.717) is 18.8 Å². The highest BCUT2D eigenvalue weighted by molar-refractivity contribution is 5.48. The number of nitrogens with one attached hydrogen (secondary N) is 1. The van der Waals surface area contributed by atoms with Crippen LogP contribution in [0.25, 0.3) is 5.65 Å². The monoisotopic (exact) mass is 285 g/mol. The summed E-state index contributed by atoms with van der Waals surface area (Å²) in [6, 6.07) is 10.7. The molecule has 0 unspecified atom stereocenters. The zero-order chi connectivity index (χ0) is 14.7. The van der Waals surface area contributed by atoms with E-state index in [0.717, 1.165) is 11.3 Å². The summed E-state index contributed by atoms with van der Waals surface area (Å²) in [5.41, 5.74) is 2.50. The minimum atomic E-state index is -0.364. The predicted molar refractivity (Wildman–Crippen MR) is 80.1 cm³/mol. The topological polar surface area (TPSA) is 38.6 Å². The Morgan fingerprint density at radius 1 is 1.29 bits per heavy atom. The number of rotatable bonds is 5. The van der Waals surface area contributed by atoms with Crippen LogP contribution >= 0.6 is 0 Å². The number of halogens is 1. The zero-order valence-corrected chi connectivity index (χ0v) is 11.7. The molecule has 5 heteroatoms. The summed E-state index contributed by atoms with van der Waals surface area (Å²) in [6.07, 6.45) is 3.90. The molecule has 0 bridgehead atoms. The van der Waals surface area contributed by atoms with Crippen LogP contribution in [0.15, 0.2) is 48.8 Å². The number of hydrogen-bond donors (Lipinski definition) is 1. The fourth-order valence-corrected chi connectivity index (χ4v) is 2.15. The molecular formula is C16H16FN3O. The first-order chi connectivity index (χ1) is 10.3. The minimum Gasteiger partial charge on any atom is -0.491 e. The summed E-state index contributed by atoms with van der Waals surface area (Å²) >= 11 is 0. The van der Waals surface area contributed by atoms with Gasteiger partial charge in [0.1, 0.15) is 5.65 Å². The summed E-state index contributed by atoms with van der Waals surface area (Å²) in [5, 5.41) is 3.16. The Bertz CT molecular complexity index is 721. The molecule has 21 heavy (non-hydrogen) atoms. The van der Waals surface area contributed by atoms with Crippen molar-refractivity contribution < 1.29 is 9.13 Å². The highest BCUT2D eigenvalue weighted by Gasteiger charge is 2.05. The van der Waals surface area contributed by atoms with Crippen molar-refractivity contribution >= 4 is 11.3 Å². The van der Waals surface area contributed by atoms with Gasteiger partial charge in [-0.1, -0.05) is 6.07 Å². The van der Waals surface area contributed by atoms with Crippen molar-refractivity contribution in [2.24, 2.45) is 0 Å². The van der Waals surface area contributed by atoms with Crippen LogP contribution in [0.5, 0.6) is 5.75 Å². The van der Waals surface area contributed by atoms with E-state index in [2.05, 4.69) is 10.3 Å². The van der Waals surface area contributed by atoms with Gasteiger partial charge in [0.05, 0.1) is 18.8 Å². The van der Waals surface area contributed by atoms with Crippen molar-refractivity contribution in [1.29, 1.82) is 0 Å². The molecule has 0 radical (unpaired) electrons. The standard InChI is InChI=1S/C16H16FN3O/c1-2-21-15-7-6-12(9-14(15)17)18-10-13-11-20-8-4-3-5-16(20)19-13/h3-9,11,18H,2,10H2,1H3. The lowest BCUT2D eigenvalue weighted by Gasteiger charge is -2.08. The lowest BCUT2D eigenvalue weighted by atomic mass is 10.3. The van der Waals surface area contributed by atoms with Crippen LogP contribution in [0, 0.1) is 5.82 Å². The average Bonchev–Trinajstić information content (AvgIpc) is 2.90. The Morgan fingerprint density at radius 3 is 2.95 bits per heavy atom. The molecule has 4 nitrogen and oxygen atoms in total. The largest absolute Gasteiger partial charge is 0.491 e. The summed E-state index contributed by atoms with van der Waals surface area (Å²) in [7, 11) is 0. The Kier molecular flexibility index (Phi) is 3.73. The number of fused-ring (bicyclic) bond motifs is 1. The molecule has 3 aromatic rings. The number of pyridine rings is 1. The molecule has 0 aliphatic heterocycles. The van der Waals surface area contributed by atoms with Crippen LogP contribution in [-0.4, -0.2) is 16.0 Å². The van der Waals surface area contributed by atoms with E-state index < -0.39 is 0 Å². The van der Waals surface area contributed by atoms with E-state index in [1.54, 1.807) is 12.1 Å². The third-order valence-corrected chi connectivity index (χ3v) is 3.12. The second-order valence-corrected chi connectivity index (χ2v) is 4.63. The fourth-order valence-electron chi connectivity index (χ4n) is 2.15. The van der Waals surface area contributed by atoms with Crippen molar-refractivity contribution in [3.63, 3.8) is 0 Å². The van der Waals surface area contributed by atoms with Gasteiger partial charge in [0.25, 0.3) is 0 Å². The molecule has 108 valence electrons. The Hall–Kier alpha value is -2.56. The molecule has 0 spiro atoms. The fraction of sp³-hybridized carbons (Fsp3) is 0.188. The lowest BCUT2D eigenvalue weighted by Crippen LogP contribution is -2.01. The summed E-state index contributed by atoms with van der Waals surface area (Å²) in [6.45, 7) is 2.81. The normalized spacial score (nSPS) is 10.8. The summed E-state index contributed by atoms with van der Waals surface area (Å²) in [4.78, 5) is 4.48. The highest BCUT2D eigenvalue weighted by atomic mass is 19.1. The number of benzene rings is 1. The molecule has 2 aromatic heterocycles. The SMILES string of the molecule is CCOc1ccc(NCc2cn3ccccc3n2)cc1F. The van der Waals surface area contributed by atoms with Crippen LogP contribution in [0.2, 0.25) is 0 Å². The maximum Gasteiger partial charge on any atom is 0.167 e. The van der Waals surface area contributed by atoms with E-state index >= 15 is 0 Å². The molecule has 0 atom stereocenters. The van der Waals surface area contributed by atoms with E-state index in [1.165, 1.54) is 6.07 Å². The Balaban J connectivity index is 1.70. The molecule has 0 amide bonds. The molecule has 2 heterocycles. The van der Waals surface area contributed by atoms with Crippen molar-refractivity contribution in [2.45, 2.75) is 13.5 Å². The summed E-state index contributed by atoms with van der Waals surface area (Å²) in [5.74, 6) is -0.0902. The van der Waals surface area contributed by atoms with E-state index in [9.17, 15) is 4.39 Å². The Labute approximate surface area is 122 Å². The van der Waals surface area contributed by atoms with E-state index in [4.69, 9.17) is 4.74 Å². The highest BCUT2D eigenvalue weighted by Crippen LogP contribution is 2.21. The van der Waals surface area contributed by atoms with Crippen LogP contribution in [0.3, 0.4) is 0 Å². The van der Waals surface area contributed by atoms with Gasteiger partial charge in [0, 0.05) is 24.1 Å². The van der Waals surface area contributed by atoms with Gasteiger partial charge in [-0.3, -0.25) is 0 Å². The van der Waals surface area contributed by atoms with Gasteiger partial charge < -0.3 is 14.5 Å². The zero-order valence-electron chi connectivity index (χ0n) is 11.7. The van der Waals surface area contributed by atoms with Gasteiger partial charge in [-0.2, -0.15) is 0 Å². The molecule has 0 aliphatic carbocycles. The molecule has 3 rings (SSSR count). The number of anilines is 1. The van der Waals surface area contributed by atoms with Crippen LogP contribution in [0.4, 0.5) is 10.1 Å². The van der Waals surface area contributed by atoms with Gasteiger partial charge >= 0.3 is 0 Å². The third-order valence-electron chi connectivity index (χ3n) is 3.12. The van der Waals surface area contributed by atoms with Crippen molar-refractivity contribution in [2.75, 3.05) is 11.9 Å². The molecule has 0 fully saturated rings. The summed E-state index contributed by atoms with van der Waals surface area (Å²) < 4.78 is 20.9. The van der Waals surface area contributed by atoms with Crippen LogP contribution in [0.1, 0.15) is 12.6 Å². The maximum atomic E-state index is 13.7. The molecular weight excluding hydrogens is 269 g/mol. The first-order valence-corrected chi connectivity index (χ1v) is 6.85. The van der Waals surface area contributed by atoms with Crippen molar-refractivity contribution in [1.82, 2.24) is 9.38 Å². The first-order valence-electron chi connectivity index (χ1n) is 6.85.